The molecule has 1 N–H and O–H groups in total. The van der Waals surface area contributed by atoms with Gasteiger partial charge in [0.25, 0.3) is 0 Å². The van der Waals surface area contributed by atoms with Crippen molar-refractivity contribution in [1.82, 2.24) is 4.90 Å². The SMILES string of the molecule is CCC(C)(C(O)c1ccc(C)c(C)c1OC)N1CCCC1. The summed E-state index contributed by atoms with van der Waals surface area (Å²) in [6.07, 6.45) is 2.85. The molecule has 1 aliphatic heterocycles. The maximum absolute atomic E-state index is 11.1. The summed E-state index contributed by atoms with van der Waals surface area (Å²) in [6.45, 7) is 10.6. The van der Waals surface area contributed by atoms with Crippen molar-refractivity contribution in [3.05, 3.63) is 28.8 Å². The number of ether oxygens (including phenoxy) is 1. The first-order valence-electron chi connectivity index (χ1n) is 8.03. The van der Waals surface area contributed by atoms with Crippen LogP contribution in [0.2, 0.25) is 0 Å². The molecule has 118 valence electrons. The Labute approximate surface area is 128 Å². The van der Waals surface area contributed by atoms with Crippen LogP contribution in [0.15, 0.2) is 12.1 Å². The van der Waals surface area contributed by atoms with E-state index < -0.39 is 6.10 Å². The van der Waals surface area contributed by atoms with E-state index >= 15 is 0 Å². The zero-order chi connectivity index (χ0) is 15.6. The molecule has 1 heterocycles. The Morgan fingerprint density at radius 3 is 2.43 bits per heavy atom. The van der Waals surface area contributed by atoms with Crippen molar-refractivity contribution in [2.75, 3.05) is 20.2 Å². The van der Waals surface area contributed by atoms with Gasteiger partial charge in [0.1, 0.15) is 11.9 Å². The lowest BCUT2D eigenvalue weighted by Crippen LogP contribution is -2.49. The van der Waals surface area contributed by atoms with Crippen molar-refractivity contribution in [3.63, 3.8) is 0 Å². The van der Waals surface area contributed by atoms with E-state index in [0.29, 0.717) is 0 Å². The van der Waals surface area contributed by atoms with Gasteiger partial charge in [-0.15, -0.1) is 0 Å². The third-order valence-corrected chi connectivity index (χ3v) is 5.34. The molecule has 1 aromatic rings. The van der Waals surface area contributed by atoms with E-state index in [1.165, 1.54) is 18.4 Å². The van der Waals surface area contributed by atoms with Crippen LogP contribution < -0.4 is 4.74 Å². The molecular formula is C18H29NO2. The molecule has 1 fully saturated rings. The highest BCUT2D eigenvalue weighted by atomic mass is 16.5. The number of aliphatic hydroxyl groups excluding tert-OH is 1. The third kappa shape index (κ3) is 2.82. The summed E-state index contributed by atoms with van der Waals surface area (Å²) in [5, 5.41) is 11.1. The molecule has 2 atom stereocenters. The standard InChI is InChI=1S/C18H29NO2/c1-6-18(4,19-11-7-8-12-19)17(20)15-10-9-13(2)14(3)16(15)21-5/h9-10,17,20H,6-8,11-12H2,1-5H3. The zero-order valence-corrected chi connectivity index (χ0v) is 14.1. The van der Waals surface area contributed by atoms with E-state index in [1.54, 1.807) is 7.11 Å². The van der Waals surface area contributed by atoms with Crippen LogP contribution in [0, 0.1) is 13.8 Å². The van der Waals surface area contributed by atoms with E-state index in [2.05, 4.69) is 38.7 Å². The molecule has 2 rings (SSSR count). The second-order valence-corrected chi connectivity index (χ2v) is 6.44. The molecule has 0 aromatic heterocycles. The fourth-order valence-electron chi connectivity index (χ4n) is 3.45. The van der Waals surface area contributed by atoms with E-state index in [0.717, 1.165) is 36.4 Å². The first kappa shape index (κ1) is 16.3. The van der Waals surface area contributed by atoms with Crippen LogP contribution in [0.5, 0.6) is 5.75 Å². The first-order valence-corrected chi connectivity index (χ1v) is 8.03. The summed E-state index contributed by atoms with van der Waals surface area (Å²) in [5.41, 5.74) is 3.00. The Morgan fingerprint density at radius 2 is 1.90 bits per heavy atom. The minimum Gasteiger partial charge on any atom is -0.496 e. The molecule has 0 radical (unpaired) electrons. The topological polar surface area (TPSA) is 32.7 Å². The highest BCUT2D eigenvalue weighted by Crippen LogP contribution is 2.41. The lowest BCUT2D eigenvalue weighted by Gasteiger charge is -2.42. The summed E-state index contributed by atoms with van der Waals surface area (Å²) in [4.78, 5) is 2.44. The van der Waals surface area contributed by atoms with Gasteiger partial charge in [0.05, 0.1) is 7.11 Å². The largest absolute Gasteiger partial charge is 0.496 e. The van der Waals surface area contributed by atoms with E-state index in [4.69, 9.17) is 4.74 Å². The molecule has 0 saturated carbocycles. The number of rotatable bonds is 5. The van der Waals surface area contributed by atoms with E-state index in [1.807, 2.05) is 6.07 Å². The molecule has 21 heavy (non-hydrogen) atoms. The Hall–Kier alpha value is -1.06. The molecule has 1 saturated heterocycles. The van der Waals surface area contributed by atoms with Gasteiger partial charge in [0.15, 0.2) is 0 Å². The summed E-state index contributed by atoms with van der Waals surface area (Å²) in [6, 6.07) is 4.10. The van der Waals surface area contributed by atoms with Crippen molar-refractivity contribution in [1.29, 1.82) is 0 Å². The predicted octanol–water partition coefficient (Wildman–Crippen LogP) is 3.61. The average Bonchev–Trinajstić information content (AvgIpc) is 3.03. The van der Waals surface area contributed by atoms with Crippen molar-refractivity contribution in [2.45, 2.75) is 58.6 Å². The molecule has 3 heteroatoms. The first-order chi connectivity index (χ1) is 9.95. The van der Waals surface area contributed by atoms with Gasteiger partial charge in [0.2, 0.25) is 0 Å². The maximum Gasteiger partial charge on any atom is 0.127 e. The normalized spacial score (nSPS) is 20.3. The molecule has 0 bridgehead atoms. The summed E-state index contributed by atoms with van der Waals surface area (Å²) < 4.78 is 5.60. The number of hydrogen-bond donors (Lipinski definition) is 1. The number of aliphatic hydroxyl groups is 1. The van der Waals surface area contributed by atoms with E-state index in [-0.39, 0.29) is 5.54 Å². The number of methoxy groups -OCH3 is 1. The van der Waals surface area contributed by atoms with Crippen molar-refractivity contribution in [2.24, 2.45) is 0 Å². The summed E-state index contributed by atoms with van der Waals surface area (Å²) >= 11 is 0. The van der Waals surface area contributed by atoms with Crippen molar-refractivity contribution in [3.8, 4) is 5.75 Å². The van der Waals surface area contributed by atoms with Crippen LogP contribution in [-0.2, 0) is 0 Å². The number of hydrogen-bond acceptors (Lipinski definition) is 3. The van der Waals surface area contributed by atoms with E-state index in [9.17, 15) is 5.11 Å². The van der Waals surface area contributed by atoms with Gasteiger partial charge in [0, 0.05) is 11.1 Å². The summed E-state index contributed by atoms with van der Waals surface area (Å²) in [5.74, 6) is 0.835. The van der Waals surface area contributed by atoms with Crippen LogP contribution in [-0.4, -0.2) is 35.7 Å². The van der Waals surface area contributed by atoms with Crippen LogP contribution in [0.25, 0.3) is 0 Å². The van der Waals surface area contributed by atoms with Gasteiger partial charge in [-0.05, 0) is 64.3 Å². The average molecular weight is 291 g/mol. The Morgan fingerprint density at radius 1 is 1.29 bits per heavy atom. The van der Waals surface area contributed by atoms with Crippen LogP contribution in [0.1, 0.15) is 55.9 Å². The smallest absolute Gasteiger partial charge is 0.127 e. The van der Waals surface area contributed by atoms with Gasteiger partial charge < -0.3 is 9.84 Å². The number of benzene rings is 1. The maximum atomic E-state index is 11.1. The van der Waals surface area contributed by atoms with Crippen LogP contribution >= 0.6 is 0 Å². The monoisotopic (exact) mass is 291 g/mol. The molecule has 0 spiro atoms. The Kier molecular flexibility index (Phi) is 4.95. The van der Waals surface area contributed by atoms with Gasteiger partial charge in [-0.1, -0.05) is 19.1 Å². The molecular weight excluding hydrogens is 262 g/mol. The lowest BCUT2D eigenvalue weighted by atomic mass is 9.84. The predicted molar refractivity (Wildman–Crippen MR) is 86.9 cm³/mol. The van der Waals surface area contributed by atoms with Crippen LogP contribution in [0.4, 0.5) is 0 Å². The molecule has 3 nitrogen and oxygen atoms in total. The molecule has 1 aromatic carbocycles. The summed E-state index contributed by atoms with van der Waals surface area (Å²) in [7, 11) is 1.69. The number of aryl methyl sites for hydroxylation is 1. The second kappa shape index (κ2) is 6.37. The highest BCUT2D eigenvalue weighted by Gasteiger charge is 2.40. The molecule has 0 aliphatic carbocycles. The minimum absolute atomic E-state index is 0.231. The van der Waals surface area contributed by atoms with Gasteiger partial charge >= 0.3 is 0 Å². The fraction of sp³-hybridized carbons (Fsp3) is 0.667. The molecule has 2 unspecified atom stereocenters. The van der Waals surface area contributed by atoms with Crippen molar-refractivity contribution >= 4 is 0 Å². The Bertz CT molecular complexity index is 494. The zero-order valence-electron chi connectivity index (χ0n) is 14.1. The van der Waals surface area contributed by atoms with Gasteiger partial charge in [-0.3, -0.25) is 4.90 Å². The quantitative estimate of drug-likeness (QED) is 0.899. The van der Waals surface area contributed by atoms with Crippen molar-refractivity contribution < 1.29 is 9.84 Å². The number of likely N-dealkylation sites (tertiary alicyclic amines) is 1. The minimum atomic E-state index is -0.533. The molecule has 1 aliphatic rings. The lowest BCUT2D eigenvalue weighted by molar-refractivity contribution is -0.0151. The fourth-order valence-corrected chi connectivity index (χ4v) is 3.45. The Balaban J connectivity index is 2.42. The number of nitrogens with zero attached hydrogens (tertiary/aromatic N) is 1. The van der Waals surface area contributed by atoms with Gasteiger partial charge in [-0.2, -0.15) is 0 Å². The highest BCUT2D eigenvalue weighted by molar-refractivity contribution is 5.47. The van der Waals surface area contributed by atoms with Crippen LogP contribution in [0.3, 0.4) is 0 Å². The van der Waals surface area contributed by atoms with Gasteiger partial charge in [-0.25, -0.2) is 0 Å². The molecule has 0 amide bonds. The second-order valence-electron chi connectivity index (χ2n) is 6.44. The third-order valence-electron chi connectivity index (χ3n) is 5.34.